The highest BCUT2D eigenvalue weighted by Crippen LogP contribution is 2.32. The van der Waals surface area contributed by atoms with Gasteiger partial charge in [0, 0.05) is 49.6 Å². The zero-order valence-electron chi connectivity index (χ0n) is 20.7. The summed E-state index contributed by atoms with van der Waals surface area (Å²) >= 11 is 0. The number of nitrogens with zero attached hydrogens (tertiary/aromatic N) is 3. The van der Waals surface area contributed by atoms with Gasteiger partial charge in [0.05, 0.1) is 4.90 Å². The van der Waals surface area contributed by atoms with Gasteiger partial charge in [0.15, 0.2) is 0 Å². The molecule has 0 spiro atoms. The molecule has 7 nitrogen and oxygen atoms in total. The van der Waals surface area contributed by atoms with Crippen molar-refractivity contribution in [2.45, 2.75) is 69.4 Å². The number of urea groups is 1. The van der Waals surface area contributed by atoms with E-state index in [1.54, 1.807) is 21.3 Å². The maximum Gasteiger partial charge on any atom is 0.322 e. The molecule has 1 aliphatic carbocycles. The van der Waals surface area contributed by atoms with Gasteiger partial charge in [-0.1, -0.05) is 31.4 Å². The molecule has 1 saturated carbocycles. The lowest BCUT2D eigenvalue weighted by atomic mass is 9.96. The van der Waals surface area contributed by atoms with Crippen molar-refractivity contribution in [2.24, 2.45) is 0 Å². The summed E-state index contributed by atoms with van der Waals surface area (Å²) in [5, 5.41) is 3.18. The molecule has 2 amide bonds. The number of hydrogen-bond acceptors (Lipinski definition) is 4. The smallest absolute Gasteiger partial charge is 0.322 e. The second kappa shape index (κ2) is 9.82. The van der Waals surface area contributed by atoms with Crippen LogP contribution in [0.5, 0.6) is 0 Å². The fourth-order valence-corrected chi connectivity index (χ4v) is 7.29. The van der Waals surface area contributed by atoms with Crippen molar-refractivity contribution >= 4 is 27.4 Å². The summed E-state index contributed by atoms with van der Waals surface area (Å²) in [7, 11) is -3.60. The van der Waals surface area contributed by atoms with Crippen LogP contribution < -0.4 is 15.1 Å². The van der Waals surface area contributed by atoms with Crippen LogP contribution in [-0.2, 0) is 16.4 Å². The number of hydrogen-bond donors (Lipinski definition) is 1. The quantitative estimate of drug-likeness (QED) is 0.685. The second-order valence-corrected chi connectivity index (χ2v) is 12.2. The first kappa shape index (κ1) is 24.1. The molecule has 5 rings (SSSR count). The maximum atomic E-state index is 13.5. The van der Waals surface area contributed by atoms with E-state index in [4.69, 9.17) is 0 Å². The van der Waals surface area contributed by atoms with Gasteiger partial charge in [-0.2, -0.15) is 4.31 Å². The first-order valence-electron chi connectivity index (χ1n) is 12.9. The lowest BCUT2D eigenvalue weighted by Crippen LogP contribution is -2.53. The zero-order valence-corrected chi connectivity index (χ0v) is 21.6. The molecule has 2 aliphatic heterocycles. The first-order chi connectivity index (χ1) is 16.8. The number of carbonyl (C=O) groups excluding carboxylic acids is 1. The fourth-order valence-electron chi connectivity index (χ4n) is 5.73. The van der Waals surface area contributed by atoms with Gasteiger partial charge in [0.2, 0.25) is 10.0 Å². The fraction of sp³-hybridized carbons (Fsp3) is 0.519. The van der Waals surface area contributed by atoms with E-state index in [0.29, 0.717) is 37.5 Å². The topological polar surface area (TPSA) is 73.0 Å². The van der Waals surface area contributed by atoms with Crippen LogP contribution in [0.3, 0.4) is 0 Å². The third-order valence-corrected chi connectivity index (χ3v) is 9.55. The van der Waals surface area contributed by atoms with Gasteiger partial charge < -0.3 is 10.2 Å². The average molecular weight is 497 g/mol. The van der Waals surface area contributed by atoms with E-state index in [1.165, 1.54) is 24.8 Å². The SMILES string of the molecule is Cc1cccc(N2CCN(S(=O)(=O)c3ccc4c(c3)CCN4C(=O)NC3CCCCC3)CC2C)c1. The van der Waals surface area contributed by atoms with Gasteiger partial charge in [-0.05, 0) is 74.6 Å². The van der Waals surface area contributed by atoms with Gasteiger partial charge in [0.1, 0.15) is 0 Å². The summed E-state index contributed by atoms with van der Waals surface area (Å²) < 4.78 is 28.7. The Balaban J connectivity index is 1.28. The van der Waals surface area contributed by atoms with Crippen LogP contribution in [0.2, 0.25) is 0 Å². The molecule has 8 heteroatoms. The minimum Gasteiger partial charge on any atom is -0.366 e. The monoisotopic (exact) mass is 496 g/mol. The number of amides is 2. The molecule has 2 aromatic rings. The molecule has 2 fully saturated rings. The maximum absolute atomic E-state index is 13.5. The molecule has 0 radical (unpaired) electrons. The number of sulfonamides is 1. The van der Waals surface area contributed by atoms with E-state index < -0.39 is 10.0 Å². The zero-order chi connectivity index (χ0) is 24.6. The Bertz CT molecular complexity index is 1190. The number of piperazine rings is 1. The molecular formula is C27H36N4O3S. The van der Waals surface area contributed by atoms with Gasteiger partial charge >= 0.3 is 6.03 Å². The summed E-state index contributed by atoms with van der Waals surface area (Å²) in [6.45, 7) is 6.30. The van der Waals surface area contributed by atoms with Crippen molar-refractivity contribution < 1.29 is 13.2 Å². The van der Waals surface area contributed by atoms with E-state index in [9.17, 15) is 13.2 Å². The third-order valence-electron chi connectivity index (χ3n) is 7.69. The number of anilines is 2. The summed E-state index contributed by atoms with van der Waals surface area (Å²) in [5.74, 6) is 0. The summed E-state index contributed by atoms with van der Waals surface area (Å²) in [4.78, 5) is 17.3. The minimum absolute atomic E-state index is 0.0626. The van der Waals surface area contributed by atoms with Gasteiger partial charge in [-0.3, -0.25) is 4.90 Å². The summed E-state index contributed by atoms with van der Waals surface area (Å²) in [6.07, 6.45) is 6.34. The number of aryl methyl sites for hydroxylation is 1. The van der Waals surface area contributed by atoms with Crippen LogP contribution >= 0.6 is 0 Å². The van der Waals surface area contributed by atoms with Gasteiger partial charge in [0.25, 0.3) is 0 Å². The summed E-state index contributed by atoms with van der Waals surface area (Å²) in [6, 6.07) is 13.9. The molecule has 2 aromatic carbocycles. The number of rotatable bonds is 4. The third kappa shape index (κ3) is 4.91. The van der Waals surface area contributed by atoms with E-state index in [0.717, 1.165) is 29.8 Å². The Morgan fingerprint density at radius 1 is 1.00 bits per heavy atom. The Labute approximate surface area is 209 Å². The van der Waals surface area contributed by atoms with Crippen LogP contribution in [0.15, 0.2) is 47.4 Å². The Morgan fingerprint density at radius 2 is 1.80 bits per heavy atom. The number of carbonyl (C=O) groups is 1. The molecule has 1 saturated heterocycles. The number of fused-ring (bicyclic) bond motifs is 1. The molecule has 2 heterocycles. The normalized spacial score (nSPS) is 21.7. The highest BCUT2D eigenvalue weighted by molar-refractivity contribution is 7.89. The standard InChI is InChI=1S/C27H36N4O3S/c1-20-7-6-10-24(17-20)30-16-15-29(19-21(30)2)35(33,34)25-11-12-26-22(18-25)13-14-31(26)27(32)28-23-8-4-3-5-9-23/h6-7,10-12,17-18,21,23H,3-5,8-9,13-16,19H2,1-2H3,(H,28,32). The molecule has 188 valence electrons. The lowest BCUT2D eigenvalue weighted by molar-refractivity contribution is 0.238. The molecule has 35 heavy (non-hydrogen) atoms. The van der Waals surface area contributed by atoms with Gasteiger partial charge in [-0.15, -0.1) is 0 Å². The van der Waals surface area contributed by atoms with Crippen LogP contribution in [-0.4, -0.2) is 57.0 Å². The number of nitrogens with one attached hydrogen (secondary N) is 1. The number of benzene rings is 2. The summed E-state index contributed by atoms with van der Waals surface area (Å²) in [5.41, 5.74) is 4.09. The predicted molar refractivity (Wildman–Crippen MR) is 140 cm³/mol. The lowest BCUT2D eigenvalue weighted by Gasteiger charge is -2.40. The van der Waals surface area contributed by atoms with Crippen LogP contribution in [0.25, 0.3) is 0 Å². The van der Waals surface area contributed by atoms with Crippen molar-refractivity contribution in [3.8, 4) is 0 Å². The van der Waals surface area contributed by atoms with E-state index in [2.05, 4.69) is 42.3 Å². The van der Waals surface area contributed by atoms with E-state index in [1.807, 2.05) is 12.1 Å². The molecule has 1 unspecified atom stereocenters. The van der Waals surface area contributed by atoms with Gasteiger partial charge in [-0.25, -0.2) is 13.2 Å². The average Bonchev–Trinajstić information content (AvgIpc) is 3.28. The van der Waals surface area contributed by atoms with Crippen molar-refractivity contribution in [3.63, 3.8) is 0 Å². The highest BCUT2D eigenvalue weighted by atomic mass is 32.2. The molecule has 1 atom stereocenters. The van der Waals surface area contributed by atoms with Crippen molar-refractivity contribution in [2.75, 3.05) is 36.0 Å². The predicted octanol–water partition coefficient (Wildman–Crippen LogP) is 4.30. The molecule has 1 N–H and O–H groups in total. The Kier molecular flexibility index (Phi) is 6.77. The molecule has 3 aliphatic rings. The van der Waals surface area contributed by atoms with Crippen LogP contribution in [0, 0.1) is 6.92 Å². The van der Waals surface area contributed by atoms with Crippen molar-refractivity contribution in [1.29, 1.82) is 0 Å². The molecule has 0 bridgehead atoms. The van der Waals surface area contributed by atoms with E-state index >= 15 is 0 Å². The van der Waals surface area contributed by atoms with Crippen molar-refractivity contribution in [1.82, 2.24) is 9.62 Å². The minimum atomic E-state index is -3.60. The van der Waals surface area contributed by atoms with Crippen LogP contribution in [0.4, 0.5) is 16.2 Å². The molecular weight excluding hydrogens is 460 g/mol. The Hall–Kier alpha value is -2.58. The second-order valence-electron chi connectivity index (χ2n) is 10.2. The largest absolute Gasteiger partial charge is 0.366 e. The van der Waals surface area contributed by atoms with E-state index in [-0.39, 0.29) is 18.1 Å². The van der Waals surface area contributed by atoms with Crippen LogP contribution in [0.1, 0.15) is 50.2 Å². The first-order valence-corrected chi connectivity index (χ1v) is 14.3. The Morgan fingerprint density at radius 3 is 2.54 bits per heavy atom. The van der Waals surface area contributed by atoms with Crippen molar-refractivity contribution in [3.05, 3.63) is 53.6 Å². The highest BCUT2D eigenvalue weighted by Gasteiger charge is 2.34. The molecule has 0 aromatic heterocycles.